The summed E-state index contributed by atoms with van der Waals surface area (Å²) in [6, 6.07) is 14.7. The van der Waals surface area contributed by atoms with Gasteiger partial charge in [0.25, 0.3) is 0 Å². The molecule has 1 aromatic carbocycles. The first-order chi connectivity index (χ1) is 15.0. The second-order valence-corrected chi connectivity index (χ2v) is 8.28. The summed E-state index contributed by atoms with van der Waals surface area (Å²) in [5.41, 5.74) is 2.61. The molecular formula is C22H20Cl2N4O2S. The average molecular weight is 475 g/mol. The SMILES string of the molecule is COC(=O)CCN1C(=S)N[C@H](c2ccccn2)[C@@H]1c1cccn1-c1ccc(Cl)cc1Cl. The van der Waals surface area contributed by atoms with E-state index in [0.29, 0.717) is 21.7 Å². The first-order valence-electron chi connectivity index (χ1n) is 9.67. The molecule has 3 aromatic rings. The number of hydrogen-bond acceptors (Lipinski definition) is 4. The Morgan fingerprint density at radius 3 is 2.77 bits per heavy atom. The number of rotatable bonds is 6. The number of aromatic nitrogens is 2. The first-order valence-corrected chi connectivity index (χ1v) is 10.8. The monoisotopic (exact) mass is 474 g/mol. The zero-order chi connectivity index (χ0) is 22.0. The van der Waals surface area contributed by atoms with Gasteiger partial charge in [0.05, 0.1) is 42.0 Å². The van der Waals surface area contributed by atoms with Gasteiger partial charge in [-0.05, 0) is 54.7 Å². The van der Waals surface area contributed by atoms with Crippen LogP contribution < -0.4 is 5.32 Å². The number of nitrogens with zero attached hydrogens (tertiary/aromatic N) is 3. The van der Waals surface area contributed by atoms with Crippen molar-refractivity contribution in [3.63, 3.8) is 0 Å². The van der Waals surface area contributed by atoms with Gasteiger partial charge in [0.2, 0.25) is 0 Å². The highest BCUT2D eigenvalue weighted by molar-refractivity contribution is 7.80. The zero-order valence-electron chi connectivity index (χ0n) is 16.7. The topological polar surface area (TPSA) is 59.4 Å². The maximum absolute atomic E-state index is 11.8. The van der Waals surface area contributed by atoms with E-state index in [-0.39, 0.29) is 24.5 Å². The summed E-state index contributed by atoms with van der Waals surface area (Å²) in [7, 11) is 1.38. The van der Waals surface area contributed by atoms with Crippen LogP contribution in [0.4, 0.5) is 0 Å². The van der Waals surface area contributed by atoms with Crippen molar-refractivity contribution < 1.29 is 9.53 Å². The lowest BCUT2D eigenvalue weighted by atomic mass is 10.0. The second kappa shape index (κ2) is 9.26. The van der Waals surface area contributed by atoms with Crippen LogP contribution in [0.25, 0.3) is 5.69 Å². The number of carbonyl (C=O) groups is 1. The van der Waals surface area contributed by atoms with Crippen LogP contribution in [-0.2, 0) is 9.53 Å². The number of methoxy groups -OCH3 is 1. The fourth-order valence-electron chi connectivity index (χ4n) is 3.81. The summed E-state index contributed by atoms with van der Waals surface area (Å²) in [6.07, 6.45) is 3.91. The van der Waals surface area contributed by atoms with Gasteiger partial charge in [0, 0.05) is 29.7 Å². The molecule has 0 aliphatic carbocycles. The highest BCUT2D eigenvalue weighted by atomic mass is 35.5. The molecular weight excluding hydrogens is 455 g/mol. The molecule has 0 spiro atoms. The van der Waals surface area contributed by atoms with Crippen molar-refractivity contribution in [1.29, 1.82) is 0 Å². The van der Waals surface area contributed by atoms with E-state index in [1.807, 2.05) is 52.1 Å². The Morgan fingerprint density at radius 1 is 1.23 bits per heavy atom. The standard InChI is InChI=1S/C22H20Cl2N4O2S/c1-30-19(29)9-12-28-21(20(26-22(28)31)16-5-2-3-10-25-16)18-6-4-11-27(18)17-8-7-14(23)13-15(17)24/h2-8,10-11,13,20-21H,9,12H2,1H3,(H,26,31)/t20-,21+/m1/s1. The third-order valence-electron chi connectivity index (χ3n) is 5.23. The van der Waals surface area contributed by atoms with Gasteiger partial charge < -0.3 is 19.5 Å². The summed E-state index contributed by atoms with van der Waals surface area (Å²) >= 11 is 18.2. The van der Waals surface area contributed by atoms with Crippen molar-refractivity contribution in [3.8, 4) is 5.69 Å². The van der Waals surface area contributed by atoms with Gasteiger partial charge >= 0.3 is 5.97 Å². The van der Waals surface area contributed by atoms with Crippen molar-refractivity contribution in [2.75, 3.05) is 13.7 Å². The van der Waals surface area contributed by atoms with E-state index < -0.39 is 0 Å². The van der Waals surface area contributed by atoms with Crippen molar-refractivity contribution in [1.82, 2.24) is 19.8 Å². The molecule has 0 saturated carbocycles. The average Bonchev–Trinajstić information content (AvgIpc) is 3.36. The van der Waals surface area contributed by atoms with Gasteiger partial charge in [0.15, 0.2) is 5.11 Å². The predicted octanol–water partition coefficient (Wildman–Crippen LogP) is 4.71. The van der Waals surface area contributed by atoms with Gasteiger partial charge in [-0.3, -0.25) is 9.78 Å². The fraction of sp³-hybridized carbons (Fsp3) is 0.227. The molecule has 0 amide bonds. The van der Waals surface area contributed by atoms with Crippen LogP contribution in [0.1, 0.15) is 29.9 Å². The van der Waals surface area contributed by atoms with Gasteiger partial charge in [-0.1, -0.05) is 29.3 Å². The number of carbonyl (C=O) groups excluding carboxylic acids is 1. The molecule has 9 heteroatoms. The Hall–Kier alpha value is -2.61. The number of esters is 1. The van der Waals surface area contributed by atoms with Gasteiger partial charge in [-0.15, -0.1) is 0 Å². The van der Waals surface area contributed by atoms with Crippen LogP contribution >= 0.6 is 35.4 Å². The third kappa shape index (κ3) is 4.39. The first kappa shape index (κ1) is 21.6. The highest BCUT2D eigenvalue weighted by Crippen LogP contribution is 2.40. The molecule has 31 heavy (non-hydrogen) atoms. The minimum Gasteiger partial charge on any atom is -0.469 e. The summed E-state index contributed by atoms with van der Waals surface area (Å²) in [6.45, 7) is 0.409. The smallest absolute Gasteiger partial charge is 0.307 e. The maximum Gasteiger partial charge on any atom is 0.307 e. The summed E-state index contributed by atoms with van der Waals surface area (Å²) in [5.74, 6) is -0.293. The van der Waals surface area contributed by atoms with Crippen LogP contribution in [0, 0.1) is 0 Å². The number of halogens is 2. The van der Waals surface area contributed by atoms with Crippen LogP contribution in [0.15, 0.2) is 60.9 Å². The van der Waals surface area contributed by atoms with Gasteiger partial charge in [0.1, 0.15) is 0 Å². The molecule has 160 valence electrons. The van der Waals surface area contributed by atoms with E-state index in [1.54, 1.807) is 18.3 Å². The lowest BCUT2D eigenvalue weighted by Gasteiger charge is -2.28. The zero-order valence-corrected chi connectivity index (χ0v) is 19.0. The lowest BCUT2D eigenvalue weighted by molar-refractivity contribution is -0.140. The Balaban J connectivity index is 1.78. The van der Waals surface area contributed by atoms with Crippen LogP contribution in [0.5, 0.6) is 0 Å². The van der Waals surface area contributed by atoms with Gasteiger partial charge in [-0.2, -0.15) is 0 Å². The van der Waals surface area contributed by atoms with E-state index in [4.69, 9.17) is 40.2 Å². The number of benzene rings is 1. The maximum atomic E-state index is 11.8. The van der Waals surface area contributed by atoms with Crippen LogP contribution in [0.3, 0.4) is 0 Å². The Morgan fingerprint density at radius 2 is 2.06 bits per heavy atom. The number of thiocarbonyl (C=S) groups is 1. The Bertz CT molecular complexity index is 1110. The largest absolute Gasteiger partial charge is 0.469 e. The minimum atomic E-state index is -0.293. The second-order valence-electron chi connectivity index (χ2n) is 7.04. The Kier molecular flexibility index (Phi) is 6.46. The quantitative estimate of drug-likeness (QED) is 0.412. The molecule has 6 nitrogen and oxygen atoms in total. The van der Waals surface area contributed by atoms with E-state index in [0.717, 1.165) is 17.1 Å². The number of nitrogens with one attached hydrogen (secondary N) is 1. The summed E-state index contributed by atoms with van der Waals surface area (Å²) < 4.78 is 6.84. The molecule has 2 atom stereocenters. The minimum absolute atomic E-state index is 0.203. The molecule has 1 aliphatic heterocycles. The normalized spacial score (nSPS) is 18.2. The molecule has 4 rings (SSSR count). The molecule has 0 unspecified atom stereocenters. The molecule has 2 aromatic heterocycles. The van der Waals surface area contributed by atoms with E-state index in [1.165, 1.54) is 7.11 Å². The number of ether oxygens (including phenoxy) is 1. The molecule has 0 bridgehead atoms. The molecule has 3 heterocycles. The molecule has 1 N–H and O–H groups in total. The van der Waals surface area contributed by atoms with Gasteiger partial charge in [-0.25, -0.2) is 0 Å². The summed E-state index contributed by atoms with van der Waals surface area (Å²) in [4.78, 5) is 18.4. The number of pyridine rings is 1. The predicted molar refractivity (Wildman–Crippen MR) is 125 cm³/mol. The lowest BCUT2D eigenvalue weighted by Crippen LogP contribution is -2.32. The summed E-state index contributed by atoms with van der Waals surface area (Å²) in [5, 5.41) is 5.04. The fourth-order valence-corrected chi connectivity index (χ4v) is 4.64. The molecule has 1 aliphatic rings. The molecule has 0 radical (unpaired) electrons. The van der Waals surface area contributed by atoms with Crippen molar-refractivity contribution in [3.05, 3.63) is 82.4 Å². The Labute approximate surface area is 195 Å². The highest BCUT2D eigenvalue weighted by Gasteiger charge is 2.41. The molecule has 1 fully saturated rings. The van der Waals surface area contributed by atoms with Crippen molar-refractivity contribution in [2.24, 2.45) is 0 Å². The van der Waals surface area contributed by atoms with E-state index >= 15 is 0 Å². The van der Waals surface area contributed by atoms with Crippen molar-refractivity contribution in [2.45, 2.75) is 18.5 Å². The van der Waals surface area contributed by atoms with E-state index in [9.17, 15) is 4.79 Å². The van der Waals surface area contributed by atoms with Crippen LogP contribution in [0.2, 0.25) is 10.0 Å². The van der Waals surface area contributed by atoms with E-state index in [2.05, 4.69) is 10.3 Å². The van der Waals surface area contributed by atoms with Crippen LogP contribution in [-0.4, -0.2) is 39.2 Å². The third-order valence-corrected chi connectivity index (χ3v) is 6.13. The number of hydrogen-bond donors (Lipinski definition) is 1. The molecule has 1 saturated heterocycles. The van der Waals surface area contributed by atoms with Crippen molar-refractivity contribution >= 4 is 46.5 Å².